The van der Waals surface area contributed by atoms with Gasteiger partial charge >= 0.3 is 0 Å². The Balaban J connectivity index is 2.40. The number of nitrogen functional groups attached to an aromatic ring is 1. The molecule has 0 heterocycles. The quantitative estimate of drug-likeness (QED) is 0.576. The zero-order valence-corrected chi connectivity index (χ0v) is 9.26. The van der Waals surface area contributed by atoms with Gasteiger partial charge in [-0.25, -0.2) is 4.39 Å². The van der Waals surface area contributed by atoms with Crippen molar-refractivity contribution in [2.24, 2.45) is 0 Å². The summed E-state index contributed by atoms with van der Waals surface area (Å²) in [7, 11) is 4.05. The molecule has 4 heteroatoms. The average molecular weight is 211 g/mol. The lowest BCUT2D eigenvalue weighted by molar-refractivity contribution is 0.405. The average Bonchev–Trinajstić information content (AvgIpc) is 2.17. The Labute approximate surface area is 90.1 Å². The summed E-state index contributed by atoms with van der Waals surface area (Å²) >= 11 is 0. The second-order valence-electron chi connectivity index (χ2n) is 3.82. The molecule has 0 saturated carbocycles. The maximum Gasteiger partial charge on any atom is 0.125 e. The van der Waals surface area contributed by atoms with Gasteiger partial charge in [0.1, 0.15) is 5.82 Å². The molecular weight excluding hydrogens is 193 g/mol. The first kappa shape index (κ1) is 11.8. The third kappa shape index (κ3) is 4.16. The molecule has 15 heavy (non-hydrogen) atoms. The first-order valence-electron chi connectivity index (χ1n) is 5.03. The second kappa shape index (κ2) is 5.56. The normalized spacial score (nSPS) is 10.7. The molecule has 1 aromatic carbocycles. The Bertz CT molecular complexity index is 313. The van der Waals surface area contributed by atoms with Crippen LogP contribution in [-0.4, -0.2) is 32.1 Å². The van der Waals surface area contributed by atoms with E-state index in [9.17, 15) is 4.39 Å². The van der Waals surface area contributed by atoms with E-state index in [4.69, 9.17) is 5.73 Å². The van der Waals surface area contributed by atoms with Gasteiger partial charge < -0.3 is 16.0 Å². The molecular formula is C11H18FN3. The van der Waals surface area contributed by atoms with E-state index in [0.29, 0.717) is 11.4 Å². The van der Waals surface area contributed by atoms with Crippen LogP contribution in [0.5, 0.6) is 0 Å². The molecule has 1 aromatic rings. The van der Waals surface area contributed by atoms with Crippen LogP contribution in [0.4, 0.5) is 15.8 Å². The predicted octanol–water partition coefficient (Wildman–Crippen LogP) is 1.77. The molecule has 1 rings (SSSR count). The van der Waals surface area contributed by atoms with Crippen LogP contribution < -0.4 is 11.1 Å². The highest BCUT2D eigenvalue weighted by Gasteiger charge is 1.99. The zero-order chi connectivity index (χ0) is 11.3. The summed E-state index contributed by atoms with van der Waals surface area (Å²) in [5, 5.41) is 3.12. The third-order valence-corrected chi connectivity index (χ3v) is 2.11. The summed E-state index contributed by atoms with van der Waals surface area (Å²) in [6.07, 6.45) is 1.00. The van der Waals surface area contributed by atoms with Crippen molar-refractivity contribution in [1.82, 2.24) is 4.90 Å². The molecule has 84 valence electrons. The summed E-state index contributed by atoms with van der Waals surface area (Å²) in [5.41, 5.74) is 6.95. The summed E-state index contributed by atoms with van der Waals surface area (Å²) < 4.78 is 12.9. The van der Waals surface area contributed by atoms with E-state index >= 15 is 0 Å². The molecule has 0 radical (unpaired) electrons. The Kier molecular flexibility index (Phi) is 4.37. The van der Waals surface area contributed by atoms with Gasteiger partial charge in [0.05, 0.1) is 11.4 Å². The van der Waals surface area contributed by atoms with Gasteiger partial charge in [-0.1, -0.05) is 0 Å². The number of nitrogens with two attached hydrogens (primary N) is 1. The lowest BCUT2D eigenvalue weighted by Gasteiger charge is -2.12. The standard InChI is InChI=1S/C11H18FN3/c1-15(2)7-3-6-14-11-8-9(12)4-5-10(11)13/h4-5,8,14H,3,6-7,13H2,1-2H3. The molecule has 0 atom stereocenters. The van der Waals surface area contributed by atoms with Crippen LogP contribution in [0.25, 0.3) is 0 Å². The van der Waals surface area contributed by atoms with Crippen LogP contribution in [0.15, 0.2) is 18.2 Å². The van der Waals surface area contributed by atoms with Crippen LogP contribution in [0, 0.1) is 5.82 Å². The summed E-state index contributed by atoms with van der Waals surface area (Å²) in [5.74, 6) is -0.265. The Morgan fingerprint density at radius 3 is 2.80 bits per heavy atom. The van der Waals surface area contributed by atoms with Gasteiger partial charge in [0, 0.05) is 6.54 Å². The maximum atomic E-state index is 12.9. The van der Waals surface area contributed by atoms with E-state index in [-0.39, 0.29) is 5.82 Å². The molecule has 0 aliphatic heterocycles. The zero-order valence-electron chi connectivity index (χ0n) is 9.26. The highest BCUT2D eigenvalue weighted by Crippen LogP contribution is 2.18. The first-order chi connectivity index (χ1) is 7.09. The predicted molar refractivity (Wildman–Crippen MR) is 62.5 cm³/mol. The van der Waals surface area contributed by atoms with E-state index in [0.717, 1.165) is 19.5 Å². The number of nitrogens with zero attached hydrogens (tertiary/aromatic N) is 1. The number of benzene rings is 1. The SMILES string of the molecule is CN(C)CCCNc1cc(F)ccc1N. The number of hydrogen-bond acceptors (Lipinski definition) is 3. The van der Waals surface area contributed by atoms with Gasteiger partial charge in [-0.15, -0.1) is 0 Å². The Morgan fingerprint density at radius 2 is 2.13 bits per heavy atom. The number of anilines is 2. The maximum absolute atomic E-state index is 12.9. The van der Waals surface area contributed by atoms with Gasteiger partial charge in [-0.2, -0.15) is 0 Å². The van der Waals surface area contributed by atoms with Crippen LogP contribution in [-0.2, 0) is 0 Å². The lowest BCUT2D eigenvalue weighted by atomic mass is 10.2. The van der Waals surface area contributed by atoms with Crippen LogP contribution in [0.2, 0.25) is 0 Å². The number of nitrogens with one attached hydrogen (secondary N) is 1. The molecule has 0 saturated heterocycles. The largest absolute Gasteiger partial charge is 0.397 e. The number of halogens is 1. The highest BCUT2D eigenvalue weighted by atomic mass is 19.1. The molecule has 0 aromatic heterocycles. The molecule has 3 nitrogen and oxygen atoms in total. The van der Waals surface area contributed by atoms with Gasteiger partial charge in [0.25, 0.3) is 0 Å². The molecule has 0 fully saturated rings. The van der Waals surface area contributed by atoms with Crippen molar-refractivity contribution >= 4 is 11.4 Å². The van der Waals surface area contributed by atoms with Crippen molar-refractivity contribution in [3.63, 3.8) is 0 Å². The fourth-order valence-electron chi connectivity index (χ4n) is 1.30. The van der Waals surface area contributed by atoms with Crippen LogP contribution in [0.1, 0.15) is 6.42 Å². The highest BCUT2D eigenvalue weighted by molar-refractivity contribution is 5.65. The summed E-state index contributed by atoms with van der Waals surface area (Å²) in [4.78, 5) is 2.11. The van der Waals surface area contributed by atoms with Crippen molar-refractivity contribution in [3.8, 4) is 0 Å². The van der Waals surface area contributed by atoms with E-state index < -0.39 is 0 Å². The third-order valence-electron chi connectivity index (χ3n) is 2.11. The molecule has 0 amide bonds. The van der Waals surface area contributed by atoms with Crippen molar-refractivity contribution < 1.29 is 4.39 Å². The lowest BCUT2D eigenvalue weighted by Crippen LogP contribution is -2.16. The van der Waals surface area contributed by atoms with Gasteiger partial charge in [-0.3, -0.25) is 0 Å². The fraction of sp³-hybridized carbons (Fsp3) is 0.455. The smallest absolute Gasteiger partial charge is 0.125 e. The molecule has 0 unspecified atom stereocenters. The number of hydrogen-bond donors (Lipinski definition) is 2. The van der Waals surface area contributed by atoms with Crippen LogP contribution in [0.3, 0.4) is 0 Å². The van der Waals surface area contributed by atoms with E-state index in [1.165, 1.54) is 12.1 Å². The molecule has 0 bridgehead atoms. The second-order valence-corrected chi connectivity index (χ2v) is 3.82. The summed E-state index contributed by atoms with van der Waals surface area (Å²) in [6, 6.07) is 4.36. The minimum atomic E-state index is -0.265. The Morgan fingerprint density at radius 1 is 1.40 bits per heavy atom. The van der Waals surface area contributed by atoms with Crippen molar-refractivity contribution in [2.45, 2.75) is 6.42 Å². The molecule has 3 N–H and O–H groups in total. The Hall–Kier alpha value is -1.29. The topological polar surface area (TPSA) is 41.3 Å². The van der Waals surface area contributed by atoms with E-state index in [1.54, 1.807) is 6.07 Å². The molecule has 0 spiro atoms. The molecule has 0 aliphatic rings. The fourth-order valence-corrected chi connectivity index (χ4v) is 1.30. The van der Waals surface area contributed by atoms with Crippen molar-refractivity contribution in [1.29, 1.82) is 0 Å². The number of rotatable bonds is 5. The summed E-state index contributed by atoms with van der Waals surface area (Å²) in [6.45, 7) is 1.80. The van der Waals surface area contributed by atoms with Gasteiger partial charge in [0.2, 0.25) is 0 Å². The van der Waals surface area contributed by atoms with E-state index in [2.05, 4.69) is 10.2 Å². The van der Waals surface area contributed by atoms with Crippen LogP contribution >= 0.6 is 0 Å². The van der Waals surface area contributed by atoms with Gasteiger partial charge in [-0.05, 0) is 45.3 Å². The minimum Gasteiger partial charge on any atom is -0.397 e. The minimum absolute atomic E-state index is 0.265. The van der Waals surface area contributed by atoms with Crippen molar-refractivity contribution in [3.05, 3.63) is 24.0 Å². The monoisotopic (exact) mass is 211 g/mol. The molecule has 0 aliphatic carbocycles. The van der Waals surface area contributed by atoms with E-state index in [1.807, 2.05) is 14.1 Å². The first-order valence-corrected chi connectivity index (χ1v) is 5.03. The van der Waals surface area contributed by atoms with Gasteiger partial charge in [0.15, 0.2) is 0 Å². The van der Waals surface area contributed by atoms with Crippen molar-refractivity contribution in [2.75, 3.05) is 38.2 Å².